The van der Waals surface area contributed by atoms with Gasteiger partial charge in [0, 0.05) is 18.9 Å². The van der Waals surface area contributed by atoms with Crippen LogP contribution in [0.2, 0.25) is 0 Å². The number of ether oxygens (including phenoxy) is 2. The van der Waals surface area contributed by atoms with Crippen molar-refractivity contribution in [1.82, 2.24) is 0 Å². The third-order valence-electron chi connectivity index (χ3n) is 3.18. The minimum atomic E-state index is 0.0462. The smallest absolute Gasteiger partial charge is 0.109 e. The first-order chi connectivity index (χ1) is 6.83. The van der Waals surface area contributed by atoms with Gasteiger partial charge in [-0.3, -0.25) is 0 Å². The van der Waals surface area contributed by atoms with Crippen LogP contribution in [0.3, 0.4) is 0 Å². The molecule has 1 fully saturated rings. The van der Waals surface area contributed by atoms with Crippen LogP contribution in [-0.2, 0) is 9.47 Å². The van der Waals surface area contributed by atoms with Crippen LogP contribution in [0, 0.1) is 5.92 Å². The fraction of sp³-hybridized carbons (Fsp3) is 0.818. The summed E-state index contributed by atoms with van der Waals surface area (Å²) < 4.78 is 11.1. The van der Waals surface area contributed by atoms with Crippen molar-refractivity contribution in [3.05, 3.63) is 11.8 Å². The molecule has 0 amide bonds. The third kappa shape index (κ3) is 1.79. The molecule has 0 saturated carbocycles. The number of nitrogens with two attached hydrogens (primary N) is 1. The highest BCUT2D eigenvalue weighted by molar-refractivity contribution is 5.09. The Hall–Kier alpha value is -0.540. The van der Waals surface area contributed by atoms with Gasteiger partial charge < -0.3 is 15.2 Å². The molecule has 0 aromatic rings. The summed E-state index contributed by atoms with van der Waals surface area (Å²) in [5.74, 6) is 1.43. The van der Waals surface area contributed by atoms with Crippen molar-refractivity contribution in [1.29, 1.82) is 0 Å². The molecule has 0 aromatic heterocycles. The normalized spacial score (nSPS) is 34.0. The predicted octanol–water partition coefficient (Wildman–Crippen LogP) is 1.43. The molecule has 0 aliphatic carbocycles. The van der Waals surface area contributed by atoms with Crippen molar-refractivity contribution >= 4 is 0 Å². The summed E-state index contributed by atoms with van der Waals surface area (Å²) in [4.78, 5) is 0. The molecule has 3 unspecified atom stereocenters. The van der Waals surface area contributed by atoms with Gasteiger partial charge in [0.05, 0.1) is 18.8 Å². The van der Waals surface area contributed by atoms with Crippen LogP contribution in [0.5, 0.6) is 0 Å². The largest absolute Gasteiger partial charge is 0.496 e. The zero-order chi connectivity index (χ0) is 9.97. The lowest BCUT2D eigenvalue weighted by Crippen LogP contribution is -2.37. The van der Waals surface area contributed by atoms with Crippen LogP contribution in [0.25, 0.3) is 0 Å². The zero-order valence-corrected chi connectivity index (χ0v) is 8.74. The van der Waals surface area contributed by atoms with E-state index in [-0.39, 0.29) is 6.04 Å². The minimum absolute atomic E-state index is 0.0462. The average molecular weight is 197 g/mol. The molecule has 2 aliphatic rings. The minimum Gasteiger partial charge on any atom is -0.496 e. The van der Waals surface area contributed by atoms with Crippen molar-refractivity contribution in [2.75, 3.05) is 13.2 Å². The molecule has 2 heterocycles. The van der Waals surface area contributed by atoms with Crippen molar-refractivity contribution in [2.24, 2.45) is 11.7 Å². The Morgan fingerprint density at radius 1 is 1.57 bits per heavy atom. The second-order valence-corrected chi connectivity index (χ2v) is 4.04. The van der Waals surface area contributed by atoms with Gasteiger partial charge in [0.15, 0.2) is 0 Å². The topological polar surface area (TPSA) is 44.5 Å². The van der Waals surface area contributed by atoms with E-state index in [0.29, 0.717) is 12.0 Å². The van der Waals surface area contributed by atoms with Crippen molar-refractivity contribution < 1.29 is 9.47 Å². The maximum atomic E-state index is 6.18. The van der Waals surface area contributed by atoms with Crippen LogP contribution < -0.4 is 5.73 Å². The van der Waals surface area contributed by atoms with Gasteiger partial charge in [-0.15, -0.1) is 0 Å². The SMILES string of the molecule is CCC1OCCC1C(N)C1=CCCO1. The van der Waals surface area contributed by atoms with Gasteiger partial charge >= 0.3 is 0 Å². The zero-order valence-electron chi connectivity index (χ0n) is 8.74. The number of hydrogen-bond acceptors (Lipinski definition) is 3. The highest BCUT2D eigenvalue weighted by atomic mass is 16.5. The van der Waals surface area contributed by atoms with Crippen molar-refractivity contribution in [2.45, 2.75) is 38.3 Å². The van der Waals surface area contributed by atoms with Gasteiger partial charge in [-0.05, 0) is 18.9 Å². The van der Waals surface area contributed by atoms with Gasteiger partial charge in [-0.1, -0.05) is 6.92 Å². The molecule has 3 nitrogen and oxygen atoms in total. The van der Waals surface area contributed by atoms with Gasteiger partial charge in [-0.25, -0.2) is 0 Å². The molecule has 0 spiro atoms. The Balaban J connectivity index is 1.99. The molecule has 0 radical (unpaired) electrons. The number of hydrogen-bond donors (Lipinski definition) is 1. The highest BCUT2D eigenvalue weighted by Crippen LogP contribution is 2.30. The van der Waals surface area contributed by atoms with E-state index < -0.39 is 0 Å². The van der Waals surface area contributed by atoms with Gasteiger partial charge in [-0.2, -0.15) is 0 Å². The van der Waals surface area contributed by atoms with E-state index in [2.05, 4.69) is 13.0 Å². The molecule has 1 saturated heterocycles. The molecular formula is C11H19NO2. The molecule has 3 heteroatoms. The fourth-order valence-corrected chi connectivity index (χ4v) is 2.38. The van der Waals surface area contributed by atoms with E-state index in [1.165, 1.54) is 0 Å². The van der Waals surface area contributed by atoms with Crippen LogP contribution in [-0.4, -0.2) is 25.4 Å². The molecule has 0 aromatic carbocycles. The molecule has 14 heavy (non-hydrogen) atoms. The highest BCUT2D eigenvalue weighted by Gasteiger charge is 2.34. The molecule has 0 bridgehead atoms. The van der Waals surface area contributed by atoms with E-state index in [0.717, 1.165) is 38.2 Å². The van der Waals surface area contributed by atoms with E-state index in [9.17, 15) is 0 Å². The molecular weight excluding hydrogens is 178 g/mol. The fourth-order valence-electron chi connectivity index (χ4n) is 2.38. The first kappa shape index (κ1) is 9.99. The summed E-state index contributed by atoms with van der Waals surface area (Å²) in [5.41, 5.74) is 6.18. The molecule has 2 rings (SSSR count). The van der Waals surface area contributed by atoms with E-state index in [1.54, 1.807) is 0 Å². The quantitative estimate of drug-likeness (QED) is 0.744. The average Bonchev–Trinajstić information content (AvgIpc) is 2.87. The second kappa shape index (κ2) is 4.32. The van der Waals surface area contributed by atoms with Gasteiger partial charge in [0.25, 0.3) is 0 Å². The second-order valence-electron chi connectivity index (χ2n) is 4.04. The van der Waals surface area contributed by atoms with E-state index in [4.69, 9.17) is 15.2 Å². The maximum absolute atomic E-state index is 6.18. The summed E-state index contributed by atoms with van der Waals surface area (Å²) in [7, 11) is 0. The number of rotatable bonds is 3. The Morgan fingerprint density at radius 2 is 2.43 bits per heavy atom. The summed E-state index contributed by atoms with van der Waals surface area (Å²) >= 11 is 0. The lowest BCUT2D eigenvalue weighted by molar-refractivity contribution is 0.0779. The molecule has 2 N–H and O–H groups in total. The van der Waals surface area contributed by atoms with Crippen LogP contribution in [0.4, 0.5) is 0 Å². The summed E-state index contributed by atoms with van der Waals surface area (Å²) in [6.07, 6.45) is 5.57. The summed E-state index contributed by atoms with van der Waals surface area (Å²) in [6, 6.07) is 0.0462. The van der Waals surface area contributed by atoms with Gasteiger partial charge in [0.1, 0.15) is 5.76 Å². The predicted molar refractivity (Wildman–Crippen MR) is 54.8 cm³/mol. The van der Waals surface area contributed by atoms with Crippen molar-refractivity contribution in [3.8, 4) is 0 Å². The Labute approximate surface area is 85.3 Å². The first-order valence-corrected chi connectivity index (χ1v) is 5.53. The lowest BCUT2D eigenvalue weighted by Gasteiger charge is -2.24. The van der Waals surface area contributed by atoms with Crippen LogP contribution >= 0.6 is 0 Å². The van der Waals surface area contributed by atoms with Crippen LogP contribution in [0.15, 0.2) is 11.8 Å². The first-order valence-electron chi connectivity index (χ1n) is 5.53. The summed E-state index contributed by atoms with van der Waals surface area (Å²) in [6.45, 7) is 3.80. The Bertz CT molecular complexity index is 227. The summed E-state index contributed by atoms with van der Waals surface area (Å²) in [5, 5.41) is 0. The lowest BCUT2D eigenvalue weighted by atomic mass is 9.90. The van der Waals surface area contributed by atoms with Crippen LogP contribution in [0.1, 0.15) is 26.2 Å². The van der Waals surface area contributed by atoms with Gasteiger partial charge in [0.2, 0.25) is 0 Å². The standard InChI is InChI=1S/C11H19NO2/c1-2-9-8(5-7-14-9)11(12)10-4-3-6-13-10/h4,8-9,11H,2-3,5-7,12H2,1H3. The maximum Gasteiger partial charge on any atom is 0.109 e. The molecule has 3 atom stereocenters. The third-order valence-corrected chi connectivity index (χ3v) is 3.18. The molecule has 80 valence electrons. The van der Waals surface area contributed by atoms with E-state index in [1.807, 2.05) is 0 Å². The Kier molecular flexibility index (Phi) is 3.08. The molecule has 2 aliphatic heterocycles. The van der Waals surface area contributed by atoms with E-state index >= 15 is 0 Å². The monoisotopic (exact) mass is 197 g/mol. The van der Waals surface area contributed by atoms with Crippen molar-refractivity contribution in [3.63, 3.8) is 0 Å². The Morgan fingerprint density at radius 3 is 3.07 bits per heavy atom.